The summed E-state index contributed by atoms with van der Waals surface area (Å²) in [5, 5.41) is 4.02. The Kier molecular flexibility index (Phi) is 5.49. The second-order valence-corrected chi connectivity index (χ2v) is 6.69. The fourth-order valence-corrected chi connectivity index (χ4v) is 3.76. The van der Waals surface area contributed by atoms with Crippen LogP contribution in [-0.4, -0.2) is 23.9 Å². The number of rotatable bonds is 4. The Morgan fingerprint density at radius 2 is 2.05 bits per heavy atom. The first kappa shape index (κ1) is 15.8. The van der Waals surface area contributed by atoms with E-state index in [2.05, 4.69) is 37.2 Å². The van der Waals surface area contributed by atoms with Crippen molar-refractivity contribution in [1.82, 2.24) is 5.32 Å². The summed E-state index contributed by atoms with van der Waals surface area (Å²) in [6.45, 7) is 0. The first-order valence-electron chi connectivity index (χ1n) is 6.82. The molecule has 1 aliphatic carbocycles. The largest absolute Gasteiger partial charge is 0.497 e. The van der Waals surface area contributed by atoms with E-state index in [-0.39, 0.29) is 11.4 Å². The van der Waals surface area contributed by atoms with Gasteiger partial charge in [-0.2, -0.15) is 0 Å². The van der Waals surface area contributed by atoms with E-state index in [0.717, 1.165) is 22.6 Å². The number of ether oxygens (including phenoxy) is 1. The molecule has 1 aromatic rings. The van der Waals surface area contributed by atoms with Crippen LogP contribution in [0.15, 0.2) is 22.7 Å². The molecule has 20 heavy (non-hydrogen) atoms. The van der Waals surface area contributed by atoms with Gasteiger partial charge in [0.05, 0.1) is 18.2 Å². The molecule has 1 aromatic carbocycles. The van der Waals surface area contributed by atoms with Crippen LogP contribution in [0.3, 0.4) is 0 Å². The molecule has 1 amide bonds. The van der Waals surface area contributed by atoms with Crippen molar-refractivity contribution < 1.29 is 9.53 Å². The molecule has 0 unspecified atom stereocenters. The maximum atomic E-state index is 12.5. The van der Waals surface area contributed by atoms with Crippen LogP contribution >= 0.6 is 31.9 Å². The first-order chi connectivity index (χ1) is 9.60. The van der Waals surface area contributed by atoms with Gasteiger partial charge in [-0.1, -0.05) is 35.2 Å². The van der Waals surface area contributed by atoms with E-state index in [0.29, 0.717) is 11.3 Å². The topological polar surface area (TPSA) is 38.3 Å². The van der Waals surface area contributed by atoms with Crippen LogP contribution < -0.4 is 10.1 Å². The lowest BCUT2D eigenvalue weighted by Crippen LogP contribution is -2.51. The Hall–Kier alpha value is -0.550. The van der Waals surface area contributed by atoms with E-state index in [1.54, 1.807) is 13.2 Å². The fraction of sp³-hybridized carbons (Fsp3) is 0.533. The zero-order valence-corrected chi connectivity index (χ0v) is 14.7. The molecule has 5 heteroatoms. The molecule has 0 bridgehead atoms. The number of halogens is 2. The molecule has 0 radical (unpaired) electrons. The fourth-order valence-electron chi connectivity index (χ4n) is 2.63. The Balaban J connectivity index is 2.18. The van der Waals surface area contributed by atoms with E-state index in [1.165, 1.54) is 19.3 Å². The minimum Gasteiger partial charge on any atom is -0.497 e. The van der Waals surface area contributed by atoms with E-state index >= 15 is 0 Å². The number of hydrogen-bond acceptors (Lipinski definition) is 2. The molecule has 0 aliphatic heterocycles. The van der Waals surface area contributed by atoms with Crippen molar-refractivity contribution in [2.75, 3.05) is 12.4 Å². The normalized spacial score (nSPS) is 17.6. The van der Waals surface area contributed by atoms with Crippen molar-refractivity contribution in [3.8, 4) is 5.75 Å². The van der Waals surface area contributed by atoms with Gasteiger partial charge < -0.3 is 10.1 Å². The number of hydrogen-bond donors (Lipinski definition) is 1. The Labute approximate surface area is 136 Å². The van der Waals surface area contributed by atoms with Gasteiger partial charge >= 0.3 is 0 Å². The summed E-state index contributed by atoms with van der Waals surface area (Å²) >= 11 is 7.00. The van der Waals surface area contributed by atoms with Gasteiger partial charge in [-0.05, 0) is 47.0 Å². The minimum absolute atomic E-state index is 0.0443. The van der Waals surface area contributed by atoms with Gasteiger partial charge in [0, 0.05) is 9.80 Å². The van der Waals surface area contributed by atoms with Crippen LogP contribution in [0.4, 0.5) is 0 Å². The summed E-state index contributed by atoms with van der Waals surface area (Å²) in [4.78, 5) is 12.5. The number of amides is 1. The maximum Gasteiger partial charge on any atom is 0.253 e. The van der Waals surface area contributed by atoms with Crippen molar-refractivity contribution in [1.29, 1.82) is 0 Å². The Morgan fingerprint density at radius 3 is 2.65 bits per heavy atom. The van der Waals surface area contributed by atoms with Crippen LogP contribution in [0, 0.1) is 0 Å². The summed E-state index contributed by atoms with van der Waals surface area (Å²) in [6.07, 6.45) is 5.67. The number of nitrogens with one attached hydrogen (secondary N) is 1. The summed E-state index contributed by atoms with van der Waals surface area (Å²) < 4.78 is 5.98. The summed E-state index contributed by atoms with van der Waals surface area (Å²) in [7, 11) is 1.60. The molecule has 1 fully saturated rings. The van der Waals surface area contributed by atoms with Crippen molar-refractivity contribution in [3.63, 3.8) is 0 Å². The van der Waals surface area contributed by atoms with Crippen LogP contribution in [0.1, 0.15) is 42.5 Å². The quantitative estimate of drug-likeness (QED) is 0.760. The van der Waals surface area contributed by atoms with Crippen LogP contribution in [0.25, 0.3) is 0 Å². The maximum absolute atomic E-state index is 12.5. The van der Waals surface area contributed by atoms with Crippen molar-refractivity contribution >= 4 is 37.8 Å². The predicted octanol–water partition coefficient (Wildman–Crippen LogP) is 4.29. The second-order valence-electron chi connectivity index (χ2n) is 5.27. The third kappa shape index (κ3) is 3.55. The van der Waals surface area contributed by atoms with Gasteiger partial charge in [0.1, 0.15) is 5.75 Å². The molecular weight excluding hydrogens is 386 g/mol. The van der Waals surface area contributed by atoms with Gasteiger partial charge in [-0.25, -0.2) is 0 Å². The molecule has 0 aromatic heterocycles. The molecular formula is C15H19Br2NO2. The van der Waals surface area contributed by atoms with E-state index < -0.39 is 0 Å². The standard InChI is InChI=1S/C15H19Br2NO2/c1-20-11-5-6-13(17)12(9-11)14(19)18-15(10-16)7-3-2-4-8-15/h5-6,9H,2-4,7-8,10H2,1H3,(H,18,19). The van der Waals surface area contributed by atoms with E-state index in [4.69, 9.17) is 4.74 Å². The average Bonchev–Trinajstić information content (AvgIpc) is 2.48. The monoisotopic (exact) mass is 403 g/mol. The molecule has 0 heterocycles. The molecule has 110 valence electrons. The van der Waals surface area contributed by atoms with Crippen molar-refractivity contribution in [3.05, 3.63) is 28.2 Å². The lowest BCUT2D eigenvalue weighted by atomic mass is 9.83. The lowest BCUT2D eigenvalue weighted by molar-refractivity contribution is 0.0885. The highest BCUT2D eigenvalue weighted by atomic mass is 79.9. The predicted molar refractivity (Wildman–Crippen MR) is 87.8 cm³/mol. The zero-order chi connectivity index (χ0) is 14.6. The Bertz CT molecular complexity index is 485. The van der Waals surface area contributed by atoms with Crippen LogP contribution in [0.5, 0.6) is 5.75 Å². The molecule has 1 saturated carbocycles. The van der Waals surface area contributed by atoms with Gasteiger partial charge in [0.15, 0.2) is 0 Å². The Morgan fingerprint density at radius 1 is 1.35 bits per heavy atom. The summed E-state index contributed by atoms with van der Waals surface area (Å²) in [6, 6.07) is 5.45. The highest BCUT2D eigenvalue weighted by molar-refractivity contribution is 9.10. The molecule has 3 nitrogen and oxygen atoms in total. The van der Waals surface area contributed by atoms with Crippen LogP contribution in [-0.2, 0) is 0 Å². The van der Waals surface area contributed by atoms with E-state index in [9.17, 15) is 4.79 Å². The molecule has 1 N–H and O–H groups in total. The third-order valence-corrected chi connectivity index (χ3v) is 5.63. The van der Waals surface area contributed by atoms with E-state index in [1.807, 2.05) is 12.1 Å². The minimum atomic E-state index is -0.113. The molecule has 0 saturated heterocycles. The molecule has 2 rings (SSSR count). The highest BCUT2D eigenvalue weighted by Crippen LogP contribution is 2.31. The second kappa shape index (κ2) is 6.94. The lowest BCUT2D eigenvalue weighted by Gasteiger charge is -2.36. The van der Waals surface area contributed by atoms with Crippen molar-refractivity contribution in [2.45, 2.75) is 37.6 Å². The molecule has 0 spiro atoms. The average molecular weight is 405 g/mol. The van der Waals surface area contributed by atoms with Crippen molar-refractivity contribution in [2.24, 2.45) is 0 Å². The van der Waals surface area contributed by atoms with Gasteiger partial charge in [0.25, 0.3) is 5.91 Å². The smallest absolute Gasteiger partial charge is 0.253 e. The van der Waals surface area contributed by atoms with Gasteiger partial charge in [-0.15, -0.1) is 0 Å². The number of carbonyl (C=O) groups is 1. The first-order valence-corrected chi connectivity index (χ1v) is 8.74. The summed E-state index contributed by atoms with van der Waals surface area (Å²) in [5.41, 5.74) is 0.507. The number of carbonyl (C=O) groups excluding carboxylic acids is 1. The highest BCUT2D eigenvalue weighted by Gasteiger charge is 2.33. The molecule has 0 atom stereocenters. The van der Waals surface area contributed by atoms with Gasteiger partial charge in [-0.3, -0.25) is 4.79 Å². The number of alkyl halides is 1. The number of methoxy groups -OCH3 is 1. The third-order valence-electron chi connectivity index (χ3n) is 3.86. The zero-order valence-electron chi connectivity index (χ0n) is 11.5. The SMILES string of the molecule is COc1ccc(Br)c(C(=O)NC2(CBr)CCCCC2)c1. The number of benzene rings is 1. The summed E-state index contributed by atoms with van der Waals surface area (Å²) in [5.74, 6) is 0.645. The van der Waals surface area contributed by atoms with Crippen LogP contribution in [0.2, 0.25) is 0 Å². The van der Waals surface area contributed by atoms with Gasteiger partial charge in [0.2, 0.25) is 0 Å². The molecule has 1 aliphatic rings.